The molecule has 0 aliphatic heterocycles. The van der Waals surface area contributed by atoms with Gasteiger partial charge in [0.05, 0.1) is 6.04 Å². The smallest absolute Gasteiger partial charge is 0.152 e. The predicted octanol–water partition coefficient (Wildman–Crippen LogP) is 1.58. The first-order valence-corrected chi connectivity index (χ1v) is 4.30. The van der Waals surface area contributed by atoms with Crippen LogP contribution in [0.3, 0.4) is 0 Å². The molecule has 2 atom stereocenters. The summed E-state index contributed by atoms with van der Waals surface area (Å²) < 4.78 is 0. The van der Waals surface area contributed by atoms with Gasteiger partial charge in [0.15, 0.2) is 5.78 Å². The van der Waals surface area contributed by atoms with Crippen molar-refractivity contribution < 1.29 is 4.79 Å². The van der Waals surface area contributed by atoms with Crippen LogP contribution in [0.4, 0.5) is 0 Å². The number of carbonyl (C=O) groups excluding carboxylic acids is 1. The molecule has 0 amide bonds. The second kappa shape index (κ2) is 4.50. The minimum atomic E-state index is -0.264. The molecule has 11 heavy (non-hydrogen) atoms. The van der Waals surface area contributed by atoms with Gasteiger partial charge in [-0.2, -0.15) is 0 Å². The molecule has 0 spiro atoms. The molecule has 0 aromatic rings. The Balaban J connectivity index is 4.02. The van der Waals surface area contributed by atoms with Crippen molar-refractivity contribution in [3.63, 3.8) is 0 Å². The fourth-order valence-corrected chi connectivity index (χ4v) is 0.919. The summed E-state index contributed by atoms with van der Waals surface area (Å²) in [6, 6.07) is -0.264. The number of ketones is 1. The number of nitrogens with two attached hydrogens (primary N) is 1. The van der Waals surface area contributed by atoms with Crippen LogP contribution in [-0.2, 0) is 4.79 Å². The maximum absolute atomic E-state index is 11.3. The van der Waals surface area contributed by atoms with Gasteiger partial charge in [-0.15, -0.1) is 0 Å². The number of hydrogen-bond acceptors (Lipinski definition) is 2. The molecule has 0 saturated carbocycles. The van der Waals surface area contributed by atoms with Crippen LogP contribution in [0.1, 0.15) is 34.1 Å². The topological polar surface area (TPSA) is 43.1 Å². The molecule has 2 N–H and O–H groups in total. The standard InChI is InChI=1S/C9H19NO/c1-5-7(4)8(10)9(11)6(2)3/h6-8H,5,10H2,1-4H3/t7-,8-/m1/s1. The van der Waals surface area contributed by atoms with Gasteiger partial charge in [0.1, 0.15) is 0 Å². The lowest BCUT2D eigenvalue weighted by molar-refractivity contribution is -0.124. The van der Waals surface area contributed by atoms with E-state index in [1.165, 1.54) is 0 Å². The highest BCUT2D eigenvalue weighted by molar-refractivity contribution is 5.85. The van der Waals surface area contributed by atoms with E-state index in [1.807, 2.05) is 20.8 Å². The Hall–Kier alpha value is -0.370. The summed E-state index contributed by atoms with van der Waals surface area (Å²) in [5.41, 5.74) is 5.72. The number of hydrogen-bond donors (Lipinski definition) is 1. The molecule has 0 aliphatic carbocycles. The summed E-state index contributed by atoms with van der Waals surface area (Å²) in [6.45, 7) is 7.86. The summed E-state index contributed by atoms with van der Waals surface area (Å²) in [5, 5.41) is 0. The van der Waals surface area contributed by atoms with Crippen molar-refractivity contribution in [1.82, 2.24) is 0 Å². The zero-order valence-electron chi connectivity index (χ0n) is 7.92. The van der Waals surface area contributed by atoms with E-state index in [2.05, 4.69) is 6.92 Å². The summed E-state index contributed by atoms with van der Waals surface area (Å²) in [7, 11) is 0. The predicted molar refractivity (Wildman–Crippen MR) is 47.3 cm³/mol. The largest absolute Gasteiger partial charge is 0.321 e. The van der Waals surface area contributed by atoms with E-state index in [0.717, 1.165) is 6.42 Å². The van der Waals surface area contributed by atoms with Crippen molar-refractivity contribution in [2.75, 3.05) is 0 Å². The summed E-state index contributed by atoms with van der Waals surface area (Å²) in [5.74, 6) is 0.559. The summed E-state index contributed by atoms with van der Waals surface area (Å²) in [6.07, 6.45) is 0.972. The molecule has 0 bridgehead atoms. The third-order valence-electron chi connectivity index (χ3n) is 2.15. The Morgan fingerprint density at radius 1 is 1.36 bits per heavy atom. The lowest BCUT2D eigenvalue weighted by Crippen LogP contribution is -2.39. The van der Waals surface area contributed by atoms with Crippen LogP contribution in [-0.4, -0.2) is 11.8 Å². The van der Waals surface area contributed by atoms with Crippen LogP contribution >= 0.6 is 0 Å². The molecule has 0 aromatic carbocycles. The van der Waals surface area contributed by atoms with Crippen LogP contribution in [0.5, 0.6) is 0 Å². The van der Waals surface area contributed by atoms with Crippen LogP contribution in [0, 0.1) is 11.8 Å². The highest BCUT2D eigenvalue weighted by Gasteiger charge is 2.21. The molecule has 66 valence electrons. The van der Waals surface area contributed by atoms with Crippen LogP contribution < -0.4 is 5.73 Å². The first kappa shape index (κ1) is 10.6. The van der Waals surface area contributed by atoms with Crippen molar-refractivity contribution in [3.8, 4) is 0 Å². The highest BCUT2D eigenvalue weighted by Crippen LogP contribution is 2.10. The van der Waals surface area contributed by atoms with Crippen molar-refractivity contribution in [1.29, 1.82) is 0 Å². The molecule has 0 aromatic heterocycles. The van der Waals surface area contributed by atoms with E-state index in [9.17, 15) is 4.79 Å². The van der Waals surface area contributed by atoms with Gasteiger partial charge in [-0.3, -0.25) is 4.79 Å². The van der Waals surface area contributed by atoms with E-state index in [1.54, 1.807) is 0 Å². The fourth-order valence-electron chi connectivity index (χ4n) is 0.919. The Labute approximate surface area is 69.2 Å². The highest BCUT2D eigenvalue weighted by atomic mass is 16.1. The van der Waals surface area contributed by atoms with Gasteiger partial charge in [-0.05, 0) is 5.92 Å². The first-order chi connectivity index (χ1) is 5.00. The van der Waals surface area contributed by atoms with Crippen LogP contribution in [0.25, 0.3) is 0 Å². The maximum Gasteiger partial charge on any atom is 0.152 e. The molecular formula is C9H19NO. The summed E-state index contributed by atoms with van der Waals surface area (Å²) in [4.78, 5) is 11.3. The number of rotatable bonds is 4. The van der Waals surface area contributed by atoms with Gasteiger partial charge in [-0.25, -0.2) is 0 Å². The molecule has 0 radical (unpaired) electrons. The average molecular weight is 157 g/mol. The van der Waals surface area contributed by atoms with Gasteiger partial charge in [0.2, 0.25) is 0 Å². The van der Waals surface area contributed by atoms with Gasteiger partial charge < -0.3 is 5.73 Å². The Morgan fingerprint density at radius 2 is 1.82 bits per heavy atom. The van der Waals surface area contributed by atoms with Crippen molar-refractivity contribution in [2.24, 2.45) is 17.6 Å². The Bertz CT molecular complexity index is 132. The molecule has 0 unspecified atom stereocenters. The van der Waals surface area contributed by atoms with Gasteiger partial charge in [0.25, 0.3) is 0 Å². The minimum absolute atomic E-state index is 0.0685. The third kappa shape index (κ3) is 3.02. The minimum Gasteiger partial charge on any atom is -0.321 e. The summed E-state index contributed by atoms with van der Waals surface area (Å²) >= 11 is 0. The van der Waals surface area contributed by atoms with Gasteiger partial charge >= 0.3 is 0 Å². The van der Waals surface area contributed by atoms with E-state index in [0.29, 0.717) is 5.92 Å². The number of carbonyl (C=O) groups is 1. The molecule has 2 nitrogen and oxygen atoms in total. The molecule has 0 rings (SSSR count). The van der Waals surface area contributed by atoms with Crippen molar-refractivity contribution in [2.45, 2.75) is 40.2 Å². The van der Waals surface area contributed by atoms with E-state index >= 15 is 0 Å². The fraction of sp³-hybridized carbons (Fsp3) is 0.889. The molecule has 0 saturated heterocycles. The Morgan fingerprint density at radius 3 is 2.09 bits per heavy atom. The van der Waals surface area contributed by atoms with E-state index in [4.69, 9.17) is 5.73 Å². The second-order valence-electron chi connectivity index (χ2n) is 3.47. The first-order valence-electron chi connectivity index (χ1n) is 4.30. The van der Waals surface area contributed by atoms with Crippen LogP contribution in [0.15, 0.2) is 0 Å². The monoisotopic (exact) mass is 157 g/mol. The molecule has 2 heteroatoms. The number of Topliss-reactive ketones (excluding diaryl/α,β-unsaturated/α-hetero) is 1. The van der Waals surface area contributed by atoms with Crippen LogP contribution in [0.2, 0.25) is 0 Å². The molecule has 0 aliphatic rings. The normalized spacial score (nSPS) is 16.5. The third-order valence-corrected chi connectivity index (χ3v) is 2.15. The second-order valence-corrected chi connectivity index (χ2v) is 3.47. The van der Waals surface area contributed by atoms with E-state index in [-0.39, 0.29) is 17.7 Å². The quantitative estimate of drug-likeness (QED) is 0.673. The maximum atomic E-state index is 11.3. The zero-order chi connectivity index (χ0) is 9.02. The van der Waals surface area contributed by atoms with Crippen molar-refractivity contribution in [3.05, 3.63) is 0 Å². The molecular weight excluding hydrogens is 138 g/mol. The van der Waals surface area contributed by atoms with E-state index < -0.39 is 0 Å². The van der Waals surface area contributed by atoms with Gasteiger partial charge in [0, 0.05) is 5.92 Å². The van der Waals surface area contributed by atoms with Gasteiger partial charge in [-0.1, -0.05) is 34.1 Å². The zero-order valence-corrected chi connectivity index (χ0v) is 7.92. The Kier molecular flexibility index (Phi) is 4.34. The average Bonchev–Trinajstić information content (AvgIpc) is 2.00. The SMILES string of the molecule is CC[C@@H](C)[C@@H](N)C(=O)C(C)C. The van der Waals surface area contributed by atoms with Crippen molar-refractivity contribution >= 4 is 5.78 Å². The lowest BCUT2D eigenvalue weighted by Gasteiger charge is -2.18. The molecule has 0 heterocycles. The molecule has 0 fully saturated rings. The lowest BCUT2D eigenvalue weighted by atomic mass is 9.91.